The fourth-order valence-corrected chi connectivity index (χ4v) is 4.72. The molecule has 1 unspecified atom stereocenters. The van der Waals surface area contributed by atoms with Crippen LogP contribution in [0.25, 0.3) is 5.76 Å². The van der Waals surface area contributed by atoms with Crippen LogP contribution in [0, 0.1) is 0 Å². The molecule has 1 N–H and O–H groups in total. The number of hydrogen-bond donors (Lipinski definition) is 1. The highest BCUT2D eigenvalue weighted by Crippen LogP contribution is 2.43. The first kappa shape index (κ1) is 26.1. The van der Waals surface area contributed by atoms with E-state index in [1.807, 2.05) is 6.07 Å². The molecule has 2 aliphatic heterocycles. The summed E-state index contributed by atoms with van der Waals surface area (Å²) in [6.07, 6.45) is 5.16. The van der Waals surface area contributed by atoms with Gasteiger partial charge in [-0.15, -0.1) is 0 Å². The molecular formula is C30H30N2O7. The second kappa shape index (κ2) is 11.5. The van der Waals surface area contributed by atoms with Crippen LogP contribution in [0.5, 0.6) is 23.0 Å². The van der Waals surface area contributed by atoms with Crippen LogP contribution in [0.3, 0.4) is 0 Å². The van der Waals surface area contributed by atoms with Crippen molar-refractivity contribution in [2.75, 3.05) is 26.9 Å². The number of nitrogens with zero attached hydrogens (tertiary/aromatic N) is 2. The number of rotatable bonds is 9. The zero-order valence-corrected chi connectivity index (χ0v) is 21.9. The molecule has 3 heterocycles. The van der Waals surface area contributed by atoms with E-state index in [1.54, 1.807) is 54.9 Å². The van der Waals surface area contributed by atoms with Crippen molar-refractivity contribution in [1.29, 1.82) is 0 Å². The summed E-state index contributed by atoms with van der Waals surface area (Å²) in [6, 6.07) is 12.9. The molecule has 9 heteroatoms. The molecule has 1 saturated heterocycles. The molecule has 0 aliphatic carbocycles. The number of ether oxygens (including phenoxy) is 4. The molecule has 1 aromatic heterocycles. The van der Waals surface area contributed by atoms with E-state index in [9.17, 15) is 14.7 Å². The number of pyridine rings is 1. The van der Waals surface area contributed by atoms with Gasteiger partial charge in [-0.3, -0.25) is 14.6 Å². The van der Waals surface area contributed by atoms with E-state index < -0.39 is 17.7 Å². The summed E-state index contributed by atoms with van der Waals surface area (Å²) in [5.74, 6) is 0.243. The summed E-state index contributed by atoms with van der Waals surface area (Å²) in [4.78, 5) is 32.4. The lowest BCUT2D eigenvalue weighted by atomic mass is 9.94. The van der Waals surface area contributed by atoms with E-state index in [-0.39, 0.29) is 17.9 Å². The van der Waals surface area contributed by atoms with Gasteiger partial charge in [0.1, 0.15) is 19.0 Å². The Hall–Kier alpha value is -4.53. The normalized spacial score (nSPS) is 17.8. The van der Waals surface area contributed by atoms with Crippen molar-refractivity contribution in [1.82, 2.24) is 9.88 Å². The maximum absolute atomic E-state index is 13.5. The van der Waals surface area contributed by atoms with Gasteiger partial charge >= 0.3 is 0 Å². The number of ketones is 1. The van der Waals surface area contributed by atoms with Crippen molar-refractivity contribution in [2.45, 2.75) is 32.4 Å². The van der Waals surface area contributed by atoms with Gasteiger partial charge in [0.05, 0.1) is 25.3 Å². The number of fused-ring (bicyclic) bond motifs is 1. The minimum absolute atomic E-state index is 0.0257. The van der Waals surface area contributed by atoms with Crippen LogP contribution in [-0.2, 0) is 16.1 Å². The highest BCUT2D eigenvalue weighted by Gasteiger charge is 2.46. The second-order valence-corrected chi connectivity index (χ2v) is 9.26. The van der Waals surface area contributed by atoms with Crippen LogP contribution in [0.1, 0.15) is 42.5 Å². The minimum atomic E-state index is -0.878. The Morgan fingerprint density at radius 1 is 1.08 bits per heavy atom. The zero-order chi connectivity index (χ0) is 27.4. The first-order chi connectivity index (χ1) is 19.0. The van der Waals surface area contributed by atoms with Crippen LogP contribution in [0.15, 0.2) is 66.5 Å². The lowest BCUT2D eigenvalue weighted by molar-refractivity contribution is -0.140. The number of hydrogen-bond acceptors (Lipinski definition) is 8. The van der Waals surface area contributed by atoms with E-state index >= 15 is 0 Å². The minimum Gasteiger partial charge on any atom is -0.507 e. The van der Waals surface area contributed by atoms with Crippen LogP contribution < -0.4 is 18.9 Å². The third kappa shape index (κ3) is 5.25. The summed E-state index contributed by atoms with van der Waals surface area (Å²) in [5.41, 5.74) is 1.66. The van der Waals surface area contributed by atoms with Crippen molar-refractivity contribution < 1.29 is 33.6 Å². The van der Waals surface area contributed by atoms with Crippen molar-refractivity contribution in [3.05, 3.63) is 83.2 Å². The zero-order valence-electron chi connectivity index (χ0n) is 21.9. The first-order valence-electron chi connectivity index (χ1n) is 12.9. The average molecular weight is 531 g/mol. The second-order valence-electron chi connectivity index (χ2n) is 9.26. The Kier molecular flexibility index (Phi) is 7.67. The van der Waals surface area contributed by atoms with Crippen LogP contribution >= 0.6 is 0 Å². The lowest BCUT2D eigenvalue weighted by Gasteiger charge is -2.26. The Labute approximate surface area is 226 Å². The molecular weight excluding hydrogens is 500 g/mol. The first-order valence-corrected chi connectivity index (χ1v) is 12.9. The fourth-order valence-electron chi connectivity index (χ4n) is 4.72. The average Bonchev–Trinajstić information content (AvgIpc) is 3.22. The molecule has 9 nitrogen and oxygen atoms in total. The van der Waals surface area contributed by atoms with Gasteiger partial charge < -0.3 is 29.0 Å². The summed E-state index contributed by atoms with van der Waals surface area (Å²) in [7, 11) is 1.54. The Morgan fingerprint density at radius 2 is 1.90 bits per heavy atom. The molecule has 202 valence electrons. The number of aromatic nitrogens is 1. The predicted octanol–water partition coefficient (Wildman–Crippen LogP) is 4.66. The number of methoxy groups -OCH3 is 1. The summed E-state index contributed by atoms with van der Waals surface area (Å²) in [5, 5.41) is 11.5. The van der Waals surface area contributed by atoms with Crippen LogP contribution in [0.4, 0.5) is 0 Å². The van der Waals surface area contributed by atoms with Crippen LogP contribution in [-0.4, -0.2) is 53.6 Å². The highest BCUT2D eigenvalue weighted by atomic mass is 16.6. The molecule has 1 fully saturated rings. The van der Waals surface area contributed by atoms with Crippen molar-refractivity contribution in [3.8, 4) is 23.0 Å². The maximum Gasteiger partial charge on any atom is 0.295 e. The van der Waals surface area contributed by atoms with Gasteiger partial charge in [-0.05, 0) is 53.9 Å². The predicted molar refractivity (Wildman–Crippen MR) is 143 cm³/mol. The van der Waals surface area contributed by atoms with E-state index in [1.165, 1.54) is 12.0 Å². The number of benzene rings is 2. The monoisotopic (exact) mass is 530 g/mol. The number of carbonyl (C=O) groups is 2. The molecule has 3 aromatic rings. The molecule has 0 spiro atoms. The third-order valence-corrected chi connectivity index (χ3v) is 6.69. The Morgan fingerprint density at radius 3 is 2.64 bits per heavy atom. The number of unbranched alkanes of at least 4 members (excludes halogenated alkanes) is 1. The molecule has 1 atom stereocenters. The van der Waals surface area contributed by atoms with Crippen LogP contribution in [0.2, 0.25) is 0 Å². The SMILES string of the molecule is CCCCOc1ccc(C2/C(=C(/O)c3ccc4c(c3)OCCO4)C(=O)C(=O)N2Cc2cccnc2)cc1OC. The van der Waals surface area contributed by atoms with Gasteiger partial charge in [0.25, 0.3) is 11.7 Å². The summed E-state index contributed by atoms with van der Waals surface area (Å²) in [6.45, 7) is 3.54. The van der Waals surface area contributed by atoms with E-state index in [0.29, 0.717) is 53.9 Å². The lowest BCUT2D eigenvalue weighted by Crippen LogP contribution is -2.29. The van der Waals surface area contributed by atoms with Gasteiger partial charge in [-0.25, -0.2) is 0 Å². The van der Waals surface area contributed by atoms with E-state index in [0.717, 1.165) is 18.4 Å². The Bertz CT molecular complexity index is 1400. The number of aliphatic hydroxyl groups is 1. The smallest absolute Gasteiger partial charge is 0.295 e. The fraction of sp³-hybridized carbons (Fsp3) is 0.300. The summed E-state index contributed by atoms with van der Waals surface area (Å²) >= 11 is 0. The summed E-state index contributed by atoms with van der Waals surface area (Å²) < 4.78 is 22.7. The van der Waals surface area contributed by atoms with Gasteiger partial charge in [0.15, 0.2) is 23.0 Å². The van der Waals surface area contributed by atoms with Crippen molar-refractivity contribution in [2.24, 2.45) is 0 Å². The number of aliphatic hydroxyl groups excluding tert-OH is 1. The van der Waals surface area contributed by atoms with Gasteiger partial charge in [-0.2, -0.15) is 0 Å². The van der Waals surface area contributed by atoms with Crippen molar-refractivity contribution in [3.63, 3.8) is 0 Å². The molecule has 0 bridgehead atoms. The quantitative estimate of drug-likeness (QED) is 0.184. The largest absolute Gasteiger partial charge is 0.507 e. The third-order valence-electron chi connectivity index (χ3n) is 6.69. The standard InChI is InChI=1S/C30H30N2O7/c1-3-4-12-37-22-9-7-20(15-24(22)36-2)27-26(28(33)21-8-10-23-25(16-21)39-14-13-38-23)29(34)30(35)32(27)18-19-6-5-11-31-17-19/h5-11,15-17,27,33H,3-4,12-14,18H2,1-2H3/b28-26-. The number of carbonyl (C=O) groups excluding carboxylic acids is 2. The number of Topliss-reactive ketones (excluding diaryl/α,β-unsaturated/α-hetero) is 1. The molecule has 1 amide bonds. The highest BCUT2D eigenvalue weighted by molar-refractivity contribution is 6.46. The van der Waals surface area contributed by atoms with Gasteiger partial charge in [0, 0.05) is 24.5 Å². The molecule has 0 saturated carbocycles. The van der Waals surface area contributed by atoms with E-state index in [2.05, 4.69) is 11.9 Å². The molecule has 2 aliphatic rings. The van der Waals surface area contributed by atoms with E-state index in [4.69, 9.17) is 18.9 Å². The number of amides is 1. The topological polar surface area (TPSA) is 107 Å². The van der Waals surface area contributed by atoms with Gasteiger partial charge in [-0.1, -0.05) is 25.5 Å². The Balaban J connectivity index is 1.61. The van der Waals surface area contributed by atoms with Gasteiger partial charge in [0.2, 0.25) is 0 Å². The molecule has 5 rings (SSSR count). The maximum atomic E-state index is 13.5. The molecule has 0 radical (unpaired) electrons. The molecule has 39 heavy (non-hydrogen) atoms. The van der Waals surface area contributed by atoms with Crippen molar-refractivity contribution >= 4 is 17.4 Å². The number of likely N-dealkylation sites (tertiary alicyclic amines) is 1. The molecule has 2 aromatic carbocycles.